The molecule has 2 heterocycles. The molecule has 0 bridgehead atoms. The van der Waals surface area contributed by atoms with Gasteiger partial charge >= 0.3 is 0 Å². The fourth-order valence-electron chi connectivity index (χ4n) is 1.21. The normalized spacial score (nSPS) is 11.3. The van der Waals surface area contributed by atoms with Crippen LogP contribution in [-0.4, -0.2) is 19.9 Å². The Hall–Kier alpha value is -1.05. The molecule has 0 aliphatic rings. The Bertz CT molecular complexity index is 486. The molecule has 0 spiro atoms. The maximum atomic E-state index is 12.6. The van der Waals surface area contributed by atoms with E-state index in [9.17, 15) is 8.78 Å². The molecule has 86 valence electrons. The summed E-state index contributed by atoms with van der Waals surface area (Å²) in [4.78, 5) is 3.90. The van der Waals surface area contributed by atoms with Crippen molar-refractivity contribution in [2.45, 2.75) is 13.0 Å². The van der Waals surface area contributed by atoms with Crippen molar-refractivity contribution in [3.63, 3.8) is 0 Å². The highest BCUT2D eigenvalue weighted by atomic mass is 35.5. The lowest BCUT2D eigenvalue weighted by atomic mass is 10.3. The Morgan fingerprint density at radius 2 is 2.31 bits per heavy atom. The number of halogens is 3. The molecule has 1 N–H and O–H groups in total. The molecule has 0 radical (unpaired) electrons. The molecular weight excluding hydrogens is 260 g/mol. The number of nitrogens with zero attached hydrogens (tertiary/aromatic N) is 3. The highest BCUT2D eigenvalue weighted by Gasteiger charge is 2.23. The summed E-state index contributed by atoms with van der Waals surface area (Å²) in [5, 5.41) is 14.6. The van der Waals surface area contributed by atoms with Crippen LogP contribution < -0.4 is 0 Å². The number of hydrogen-bond acceptors (Lipinski definition) is 4. The zero-order valence-electron chi connectivity index (χ0n) is 7.77. The minimum absolute atomic E-state index is 0.0345. The molecule has 2 rings (SSSR count). The molecule has 0 aromatic carbocycles. The highest BCUT2D eigenvalue weighted by Crippen LogP contribution is 2.30. The second-order valence-corrected chi connectivity index (χ2v) is 4.07. The predicted octanol–water partition coefficient (Wildman–Crippen LogP) is 2.41. The molecule has 0 saturated carbocycles. The first-order valence-corrected chi connectivity index (χ1v) is 5.47. The first kappa shape index (κ1) is 11.4. The van der Waals surface area contributed by atoms with Crippen LogP contribution in [0.15, 0.2) is 11.6 Å². The quantitative estimate of drug-likeness (QED) is 0.927. The van der Waals surface area contributed by atoms with E-state index in [1.54, 1.807) is 5.38 Å². The zero-order valence-corrected chi connectivity index (χ0v) is 9.34. The van der Waals surface area contributed by atoms with Crippen molar-refractivity contribution in [2.75, 3.05) is 0 Å². The Kier molecular flexibility index (Phi) is 3.17. The van der Waals surface area contributed by atoms with Gasteiger partial charge in [-0.15, -0.1) is 11.3 Å². The number of aliphatic hydroxyl groups is 1. The van der Waals surface area contributed by atoms with Gasteiger partial charge in [-0.25, -0.2) is 13.8 Å². The number of aliphatic hydroxyl groups excluding tert-OH is 1. The van der Waals surface area contributed by atoms with E-state index in [1.165, 1.54) is 17.5 Å². The number of thiazole rings is 1. The van der Waals surface area contributed by atoms with Crippen LogP contribution in [0.4, 0.5) is 8.78 Å². The van der Waals surface area contributed by atoms with Gasteiger partial charge < -0.3 is 5.11 Å². The molecule has 4 nitrogen and oxygen atoms in total. The van der Waals surface area contributed by atoms with Gasteiger partial charge in [0.2, 0.25) is 5.13 Å². The lowest BCUT2D eigenvalue weighted by Crippen LogP contribution is -1.96. The van der Waals surface area contributed by atoms with Crippen molar-refractivity contribution in [1.82, 2.24) is 14.8 Å². The van der Waals surface area contributed by atoms with Gasteiger partial charge in [-0.05, 0) is 0 Å². The standard InChI is InChI=1S/C8H6ClF2N3OS/c9-6-4(3-15)5(7(10)11)13-14(6)8-12-1-2-16-8/h1-2,7,15H,3H2. The molecule has 0 atom stereocenters. The van der Waals surface area contributed by atoms with Crippen LogP contribution in [0.2, 0.25) is 5.15 Å². The van der Waals surface area contributed by atoms with Crippen molar-refractivity contribution in [2.24, 2.45) is 0 Å². The minimum atomic E-state index is -2.78. The van der Waals surface area contributed by atoms with Gasteiger partial charge in [-0.1, -0.05) is 11.6 Å². The molecule has 0 unspecified atom stereocenters. The van der Waals surface area contributed by atoms with Crippen LogP contribution in [-0.2, 0) is 6.61 Å². The van der Waals surface area contributed by atoms with Crippen LogP contribution in [0.3, 0.4) is 0 Å². The first-order chi connectivity index (χ1) is 7.65. The van der Waals surface area contributed by atoms with E-state index in [0.29, 0.717) is 5.13 Å². The summed E-state index contributed by atoms with van der Waals surface area (Å²) in [5.41, 5.74) is -0.574. The molecule has 0 aliphatic carbocycles. The van der Waals surface area contributed by atoms with Crippen LogP contribution in [0.5, 0.6) is 0 Å². The van der Waals surface area contributed by atoms with E-state index in [1.807, 2.05) is 0 Å². The third-order valence-corrected chi connectivity index (χ3v) is 3.05. The fraction of sp³-hybridized carbons (Fsp3) is 0.250. The lowest BCUT2D eigenvalue weighted by Gasteiger charge is -1.96. The zero-order chi connectivity index (χ0) is 11.7. The third kappa shape index (κ3) is 1.81. The summed E-state index contributed by atoms with van der Waals surface area (Å²) < 4.78 is 26.3. The van der Waals surface area contributed by atoms with Crippen LogP contribution in [0, 0.1) is 0 Å². The Labute approximate surface area is 98.1 Å². The van der Waals surface area contributed by atoms with Gasteiger partial charge in [0.15, 0.2) is 0 Å². The Balaban J connectivity index is 2.56. The summed E-state index contributed by atoms with van der Waals surface area (Å²) in [6, 6.07) is 0. The van der Waals surface area contributed by atoms with Crippen molar-refractivity contribution in [3.8, 4) is 5.13 Å². The second-order valence-electron chi connectivity index (χ2n) is 2.84. The highest BCUT2D eigenvalue weighted by molar-refractivity contribution is 7.12. The number of alkyl halides is 2. The van der Waals surface area contributed by atoms with Crippen LogP contribution in [0.25, 0.3) is 5.13 Å². The summed E-state index contributed by atoms with van der Waals surface area (Å²) in [7, 11) is 0. The van der Waals surface area contributed by atoms with E-state index >= 15 is 0 Å². The van der Waals surface area contributed by atoms with Crippen molar-refractivity contribution < 1.29 is 13.9 Å². The van der Waals surface area contributed by atoms with Gasteiger partial charge in [-0.3, -0.25) is 0 Å². The fourth-order valence-corrected chi connectivity index (χ4v) is 2.14. The van der Waals surface area contributed by atoms with E-state index in [2.05, 4.69) is 10.1 Å². The van der Waals surface area contributed by atoms with Crippen molar-refractivity contribution >= 4 is 22.9 Å². The smallest absolute Gasteiger partial charge is 0.282 e. The van der Waals surface area contributed by atoms with Gasteiger partial charge in [-0.2, -0.15) is 9.78 Å². The summed E-state index contributed by atoms with van der Waals surface area (Å²) >= 11 is 7.05. The minimum Gasteiger partial charge on any atom is -0.391 e. The maximum absolute atomic E-state index is 12.6. The lowest BCUT2D eigenvalue weighted by molar-refractivity contribution is 0.141. The SMILES string of the molecule is OCc1c(C(F)F)nn(-c2nccs2)c1Cl. The summed E-state index contributed by atoms with van der Waals surface area (Å²) in [6.45, 7) is -0.579. The van der Waals surface area contributed by atoms with E-state index in [-0.39, 0.29) is 10.7 Å². The molecule has 0 saturated heterocycles. The first-order valence-electron chi connectivity index (χ1n) is 4.21. The molecule has 0 aliphatic heterocycles. The summed E-state index contributed by atoms with van der Waals surface area (Å²) in [6.07, 6.45) is -1.26. The third-order valence-electron chi connectivity index (χ3n) is 1.92. The molecule has 16 heavy (non-hydrogen) atoms. The van der Waals surface area contributed by atoms with E-state index < -0.39 is 18.7 Å². The monoisotopic (exact) mass is 265 g/mol. The average Bonchev–Trinajstić information content (AvgIpc) is 2.84. The number of aromatic nitrogens is 3. The van der Waals surface area contributed by atoms with Crippen LogP contribution >= 0.6 is 22.9 Å². The molecule has 0 fully saturated rings. The molecule has 2 aromatic heterocycles. The van der Waals surface area contributed by atoms with Crippen molar-refractivity contribution in [3.05, 3.63) is 28.0 Å². The molecule has 0 amide bonds. The largest absolute Gasteiger partial charge is 0.391 e. The van der Waals surface area contributed by atoms with Gasteiger partial charge in [0.1, 0.15) is 10.8 Å². The molecule has 8 heteroatoms. The van der Waals surface area contributed by atoms with E-state index in [0.717, 1.165) is 4.68 Å². The molecular formula is C8H6ClF2N3OS. The second kappa shape index (κ2) is 4.44. The Morgan fingerprint density at radius 1 is 1.56 bits per heavy atom. The average molecular weight is 266 g/mol. The predicted molar refractivity (Wildman–Crippen MR) is 55.1 cm³/mol. The van der Waals surface area contributed by atoms with E-state index in [4.69, 9.17) is 16.7 Å². The van der Waals surface area contributed by atoms with Crippen LogP contribution in [0.1, 0.15) is 17.7 Å². The van der Waals surface area contributed by atoms with Crippen molar-refractivity contribution in [1.29, 1.82) is 0 Å². The number of rotatable bonds is 3. The summed E-state index contributed by atoms with van der Waals surface area (Å²) in [5.74, 6) is 0. The Morgan fingerprint density at radius 3 is 2.75 bits per heavy atom. The number of hydrogen-bond donors (Lipinski definition) is 1. The van der Waals surface area contributed by atoms with Gasteiger partial charge in [0.05, 0.1) is 6.61 Å². The topological polar surface area (TPSA) is 50.9 Å². The van der Waals surface area contributed by atoms with Gasteiger partial charge in [0.25, 0.3) is 6.43 Å². The molecule has 2 aromatic rings. The maximum Gasteiger partial charge on any atom is 0.282 e. The van der Waals surface area contributed by atoms with Gasteiger partial charge in [0, 0.05) is 17.1 Å².